The maximum Gasteiger partial charge on any atom is 0.371 e. The molecule has 0 saturated heterocycles. The Balaban J connectivity index is 3.37. The zero-order chi connectivity index (χ0) is 12.5. The van der Waals surface area contributed by atoms with Gasteiger partial charge in [-0.15, -0.1) is 0 Å². The molecule has 0 N–H and O–H groups in total. The van der Waals surface area contributed by atoms with E-state index in [1.807, 2.05) is 0 Å². The van der Waals surface area contributed by atoms with Crippen LogP contribution in [0.15, 0.2) is 12.1 Å². The molecule has 4 nitrogen and oxygen atoms in total. The minimum atomic E-state index is -1.93. The molecule has 0 amide bonds. The number of halogens is 5. The van der Waals surface area contributed by atoms with Gasteiger partial charge in [-0.05, 0) is 22.0 Å². The third kappa shape index (κ3) is 3.25. The van der Waals surface area contributed by atoms with Crippen molar-refractivity contribution >= 4 is 63.8 Å². The molecule has 0 aliphatic rings. The van der Waals surface area contributed by atoms with Crippen molar-refractivity contribution in [1.29, 1.82) is 0 Å². The largest absolute Gasteiger partial charge is 0.371 e. The highest BCUT2D eigenvalue weighted by Gasteiger charge is 2.34. The molecule has 0 unspecified atom stereocenters. The minimum Gasteiger partial charge on any atom is -0.358 e. The number of hydrogen-bond acceptors (Lipinski definition) is 3. The molecule has 0 saturated carbocycles. The van der Waals surface area contributed by atoms with Crippen molar-refractivity contribution in [2.75, 3.05) is 0 Å². The zero-order valence-electron chi connectivity index (χ0n) is 7.33. The summed E-state index contributed by atoms with van der Waals surface area (Å²) in [5.74, 6) is -0.580. The summed E-state index contributed by atoms with van der Waals surface area (Å²) < 4.78 is -1.93. The van der Waals surface area contributed by atoms with E-state index < -0.39 is 19.4 Å². The second-order valence-electron chi connectivity index (χ2n) is 2.66. The fourth-order valence-electron chi connectivity index (χ4n) is 0.945. The van der Waals surface area contributed by atoms with Crippen LogP contribution in [0.25, 0.3) is 0 Å². The minimum absolute atomic E-state index is 0.119. The highest BCUT2D eigenvalue weighted by atomic mass is 35.6. The van der Waals surface area contributed by atoms with Crippen LogP contribution < -0.4 is 0 Å². The summed E-state index contributed by atoms with van der Waals surface area (Å²) in [7, 11) is 0. The normalized spacial score (nSPS) is 11.9. The predicted octanol–water partition coefficient (Wildman–Crippen LogP) is 4.29. The maximum atomic E-state index is 10.7. The van der Waals surface area contributed by atoms with E-state index in [0.717, 1.165) is 0 Å². The van der Waals surface area contributed by atoms with Crippen LogP contribution in [0.3, 0.4) is 0 Å². The monoisotopic (exact) mass is 322 g/mol. The molecule has 0 fully saturated rings. The van der Waals surface area contributed by atoms with Gasteiger partial charge in [-0.1, -0.05) is 58.0 Å². The first-order valence-corrected chi connectivity index (χ1v) is 5.75. The van der Waals surface area contributed by atoms with E-state index in [-0.39, 0.29) is 11.3 Å². The van der Waals surface area contributed by atoms with Gasteiger partial charge < -0.3 is 10.1 Å². The molecule has 1 heterocycles. The second-order valence-corrected chi connectivity index (χ2v) is 6.04. The van der Waals surface area contributed by atoms with E-state index in [2.05, 4.69) is 4.98 Å². The van der Waals surface area contributed by atoms with Gasteiger partial charge in [0.2, 0.25) is 3.79 Å². The van der Waals surface area contributed by atoms with Gasteiger partial charge in [0.1, 0.15) is 5.56 Å². The van der Waals surface area contributed by atoms with Crippen molar-refractivity contribution in [2.45, 2.75) is 8.63 Å². The van der Waals surface area contributed by atoms with Gasteiger partial charge in [-0.25, -0.2) is 0 Å². The number of aromatic nitrogens is 1. The highest BCUT2D eigenvalue weighted by molar-refractivity contribution is 6.67. The molecular formula is C7H3Cl5N2O2. The van der Waals surface area contributed by atoms with Gasteiger partial charge in [0.15, 0.2) is 10.5 Å². The smallest absolute Gasteiger partial charge is 0.358 e. The van der Waals surface area contributed by atoms with Crippen LogP contribution in [-0.4, -0.2) is 9.91 Å². The molecule has 0 spiro atoms. The standard InChI is InChI=1S/C7H3Cl5N2O2/c8-5(9)4-2-1-3(7(10,11)12)6(13-4)14(15)16/h1-2,5H. The number of pyridine rings is 1. The number of alkyl halides is 5. The van der Waals surface area contributed by atoms with Crippen molar-refractivity contribution in [3.8, 4) is 0 Å². The van der Waals surface area contributed by atoms with Crippen LogP contribution in [0.4, 0.5) is 5.82 Å². The Morgan fingerprint density at radius 3 is 2.25 bits per heavy atom. The number of nitrogens with zero attached hydrogens (tertiary/aromatic N) is 2. The molecule has 0 bridgehead atoms. The fourth-order valence-corrected chi connectivity index (χ4v) is 1.63. The maximum absolute atomic E-state index is 10.7. The predicted molar refractivity (Wildman–Crippen MR) is 64.6 cm³/mol. The lowest BCUT2D eigenvalue weighted by Gasteiger charge is -2.11. The number of nitro groups is 1. The quantitative estimate of drug-likeness (QED) is 0.463. The first kappa shape index (κ1) is 14.1. The van der Waals surface area contributed by atoms with Crippen LogP contribution in [-0.2, 0) is 3.79 Å². The molecular weight excluding hydrogens is 321 g/mol. The summed E-state index contributed by atoms with van der Waals surface area (Å²) in [6, 6.07) is 2.61. The van der Waals surface area contributed by atoms with Gasteiger partial charge in [0.25, 0.3) is 0 Å². The molecule has 0 aromatic carbocycles. The Bertz CT molecular complexity index is 418. The van der Waals surface area contributed by atoms with Crippen molar-refractivity contribution in [1.82, 2.24) is 4.98 Å². The van der Waals surface area contributed by atoms with Gasteiger partial charge in [0.05, 0.1) is 0 Å². The third-order valence-corrected chi connectivity index (χ3v) is 2.66. The van der Waals surface area contributed by atoms with Gasteiger partial charge in [-0.2, -0.15) is 0 Å². The lowest BCUT2D eigenvalue weighted by Crippen LogP contribution is -2.08. The topological polar surface area (TPSA) is 56.0 Å². The first-order valence-electron chi connectivity index (χ1n) is 3.74. The van der Waals surface area contributed by atoms with Crippen molar-refractivity contribution < 1.29 is 4.92 Å². The molecule has 1 rings (SSSR count). The summed E-state index contributed by atoms with van der Waals surface area (Å²) in [4.78, 5) is 12.6. The SMILES string of the molecule is O=[N+]([O-])c1nc(C(Cl)Cl)ccc1C(Cl)(Cl)Cl. The third-order valence-electron chi connectivity index (χ3n) is 1.60. The summed E-state index contributed by atoms with van der Waals surface area (Å²) in [6.45, 7) is 0. The van der Waals surface area contributed by atoms with Crippen molar-refractivity contribution in [2.24, 2.45) is 0 Å². The van der Waals surface area contributed by atoms with Gasteiger partial charge in [-0.3, -0.25) is 0 Å². The van der Waals surface area contributed by atoms with Crippen LogP contribution in [0, 0.1) is 10.1 Å². The summed E-state index contributed by atoms with van der Waals surface area (Å²) in [5.41, 5.74) is -0.0201. The first-order chi connectivity index (χ1) is 7.23. The van der Waals surface area contributed by atoms with Gasteiger partial charge in [0, 0.05) is 0 Å². The molecule has 0 atom stereocenters. The molecule has 16 heavy (non-hydrogen) atoms. The van der Waals surface area contributed by atoms with Crippen molar-refractivity contribution in [3.05, 3.63) is 33.5 Å². The fraction of sp³-hybridized carbons (Fsp3) is 0.286. The van der Waals surface area contributed by atoms with E-state index in [0.29, 0.717) is 0 Å². The van der Waals surface area contributed by atoms with Crippen LogP contribution >= 0.6 is 58.0 Å². The summed E-state index contributed by atoms with van der Waals surface area (Å²) in [5, 5.41) is 10.7. The average molecular weight is 324 g/mol. The van der Waals surface area contributed by atoms with Crippen LogP contribution in [0.1, 0.15) is 16.1 Å². The van der Waals surface area contributed by atoms with E-state index in [4.69, 9.17) is 58.0 Å². The Morgan fingerprint density at radius 1 is 1.31 bits per heavy atom. The van der Waals surface area contributed by atoms with Gasteiger partial charge >= 0.3 is 5.82 Å². The Labute approximate surface area is 116 Å². The lowest BCUT2D eigenvalue weighted by molar-refractivity contribution is -0.390. The van der Waals surface area contributed by atoms with E-state index in [1.165, 1.54) is 12.1 Å². The van der Waals surface area contributed by atoms with Crippen molar-refractivity contribution in [3.63, 3.8) is 0 Å². The Morgan fingerprint density at radius 2 is 1.88 bits per heavy atom. The molecule has 88 valence electrons. The molecule has 1 aromatic heterocycles. The number of hydrogen-bond donors (Lipinski definition) is 0. The molecule has 1 aromatic rings. The Kier molecular flexibility index (Phi) is 4.49. The molecule has 0 aliphatic carbocycles. The second kappa shape index (κ2) is 5.10. The zero-order valence-corrected chi connectivity index (χ0v) is 11.1. The van der Waals surface area contributed by atoms with Crippen LogP contribution in [0.5, 0.6) is 0 Å². The molecule has 9 heteroatoms. The van der Waals surface area contributed by atoms with E-state index in [9.17, 15) is 10.1 Å². The lowest BCUT2D eigenvalue weighted by atomic mass is 10.2. The Hall–Kier alpha value is -0.000000000000000111. The van der Waals surface area contributed by atoms with E-state index in [1.54, 1.807) is 0 Å². The summed E-state index contributed by atoms with van der Waals surface area (Å²) in [6.07, 6.45) is 0. The van der Waals surface area contributed by atoms with E-state index >= 15 is 0 Å². The average Bonchev–Trinajstić information content (AvgIpc) is 2.15. The molecule has 0 radical (unpaired) electrons. The summed E-state index contributed by atoms with van der Waals surface area (Å²) >= 11 is 27.7. The molecule has 0 aliphatic heterocycles. The van der Waals surface area contributed by atoms with Crippen LogP contribution in [0.2, 0.25) is 0 Å². The highest BCUT2D eigenvalue weighted by Crippen LogP contribution is 2.42. The number of rotatable bonds is 2.